The zero-order chi connectivity index (χ0) is 18.1. The molecule has 0 bridgehead atoms. The lowest BCUT2D eigenvalue weighted by Gasteiger charge is -2.08. The van der Waals surface area contributed by atoms with Gasteiger partial charge in [-0.15, -0.1) is 0 Å². The number of hydrogen-bond donors (Lipinski definition) is 1. The maximum Gasteiger partial charge on any atom is 0.231 e. The van der Waals surface area contributed by atoms with E-state index in [-0.39, 0.29) is 0 Å². The molecule has 1 aliphatic heterocycles. The Morgan fingerprint density at radius 2 is 1.81 bits per heavy atom. The predicted molar refractivity (Wildman–Crippen MR) is 101 cm³/mol. The summed E-state index contributed by atoms with van der Waals surface area (Å²) in [6.45, 7) is 5.93. The standard InChI is InChI=1S/C20H20ClN3O2/c1-13-18(14(2)24(23-13)17-6-4-16(21)5-7-17)11-22-10-15-3-8-19-20(9-15)26-12-25-19/h3-9,22H,10-12H2,1-2H3. The molecule has 1 N–H and O–H groups in total. The molecule has 3 aromatic rings. The van der Waals surface area contributed by atoms with Crippen LogP contribution in [0, 0.1) is 13.8 Å². The van der Waals surface area contributed by atoms with Crippen molar-refractivity contribution in [3.05, 3.63) is 70.0 Å². The third-order valence-corrected chi connectivity index (χ3v) is 4.83. The molecule has 2 aromatic carbocycles. The van der Waals surface area contributed by atoms with Gasteiger partial charge in [0.05, 0.1) is 11.4 Å². The van der Waals surface area contributed by atoms with Gasteiger partial charge in [0.25, 0.3) is 0 Å². The van der Waals surface area contributed by atoms with E-state index in [1.807, 2.05) is 48.0 Å². The van der Waals surface area contributed by atoms with Gasteiger partial charge in [0.2, 0.25) is 6.79 Å². The molecule has 0 saturated carbocycles. The Morgan fingerprint density at radius 3 is 2.62 bits per heavy atom. The van der Waals surface area contributed by atoms with Gasteiger partial charge in [-0.2, -0.15) is 5.10 Å². The van der Waals surface area contributed by atoms with Crippen LogP contribution < -0.4 is 14.8 Å². The highest BCUT2D eigenvalue weighted by Crippen LogP contribution is 2.32. The Balaban J connectivity index is 1.46. The zero-order valence-electron chi connectivity index (χ0n) is 14.8. The molecule has 0 radical (unpaired) electrons. The summed E-state index contributed by atoms with van der Waals surface area (Å²) in [5.41, 5.74) is 5.53. The van der Waals surface area contributed by atoms with Crippen LogP contribution in [0.5, 0.6) is 11.5 Å². The molecule has 0 amide bonds. The van der Waals surface area contributed by atoms with Crippen LogP contribution in [0.25, 0.3) is 5.69 Å². The summed E-state index contributed by atoms with van der Waals surface area (Å²) in [6.07, 6.45) is 0. The third-order valence-electron chi connectivity index (χ3n) is 4.58. The molecule has 0 saturated heterocycles. The van der Waals surface area contributed by atoms with Crippen molar-refractivity contribution in [3.63, 3.8) is 0 Å². The van der Waals surface area contributed by atoms with Crippen molar-refractivity contribution < 1.29 is 9.47 Å². The van der Waals surface area contributed by atoms with Crippen molar-refractivity contribution in [1.82, 2.24) is 15.1 Å². The predicted octanol–water partition coefficient (Wildman–Crippen LogP) is 4.16. The Hall–Kier alpha value is -2.50. The van der Waals surface area contributed by atoms with Crippen LogP contribution in [-0.4, -0.2) is 16.6 Å². The molecule has 1 aromatic heterocycles. The van der Waals surface area contributed by atoms with Gasteiger partial charge in [-0.1, -0.05) is 17.7 Å². The lowest BCUT2D eigenvalue weighted by molar-refractivity contribution is 0.174. The maximum atomic E-state index is 5.98. The first-order valence-electron chi connectivity index (χ1n) is 8.52. The highest BCUT2D eigenvalue weighted by Gasteiger charge is 2.14. The van der Waals surface area contributed by atoms with Gasteiger partial charge in [-0.25, -0.2) is 4.68 Å². The van der Waals surface area contributed by atoms with Crippen LogP contribution in [0.1, 0.15) is 22.5 Å². The van der Waals surface area contributed by atoms with E-state index < -0.39 is 0 Å². The van der Waals surface area contributed by atoms with Crippen LogP contribution in [0.15, 0.2) is 42.5 Å². The minimum absolute atomic E-state index is 0.300. The van der Waals surface area contributed by atoms with Gasteiger partial charge in [0, 0.05) is 29.4 Å². The molecular formula is C20H20ClN3O2. The summed E-state index contributed by atoms with van der Waals surface area (Å²) in [6, 6.07) is 13.7. The quantitative estimate of drug-likeness (QED) is 0.733. The zero-order valence-corrected chi connectivity index (χ0v) is 15.5. The molecule has 0 unspecified atom stereocenters. The Bertz CT molecular complexity index is 935. The van der Waals surface area contributed by atoms with Crippen molar-refractivity contribution >= 4 is 11.6 Å². The molecule has 26 heavy (non-hydrogen) atoms. The molecule has 2 heterocycles. The van der Waals surface area contributed by atoms with Crippen molar-refractivity contribution in [2.75, 3.05) is 6.79 Å². The number of rotatable bonds is 5. The molecule has 5 nitrogen and oxygen atoms in total. The summed E-state index contributed by atoms with van der Waals surface area (Å²) in [7, 11) is 0. The Kier molecular flexibility index (Phi) is 4.57. The first-order valence-corrected chi connectivity index (χ1v) is 8.90. The summed E-state index contributed by atoms with van der Waals surface area (Å²) >= 11 is 5.98. The van der Waals surface area contributed by atoms with Crippen LogP contribution in [0.2, 0.25) is 5.02 Å². The lowest BCUT2D eigenvalue weighted by Crippen LogP contribution is -2.14. The second-order valence-corrected chi connectivity index (χ2v) is 6.77. The van der Waals surface area contributed by atoms with Gasteiger partial charge in [0.15, 0.2) is 11.5 Å². The van der Waals surface area contributed by atoms with E-state index >= 15 is 0 Å². The van der Waals surface area contributed by atoms with Gasteiger partial charge >= 0.3 is 0 Å². The molecule has 0 atom stereocenters. The van der Waals surface area contributed by atoms with Crippen LogP contribution in [0.3, 0.4) is 0 Å². The number of halogens is 1. The summed E-state index contributed by atoms with van der Waals surface area (Å²) in [4.78, 5) is 0. The van der Waals surface area contributed by atoms with Crippen LogP contribution in [0.4, 0.5) is 0 Å². The first-order chi connectivity index (χ1) is 12.6. The van der Waals surface area contributed by atoms with Crippen molar-refractivity contribution in [3.8, 4) is 17.2 Å². The lowest BCUT2D eigenvalue weighted by atomic mass is 10.1. The molecule has 0 aliphatic carbocycles. The second-order valence-electron chi connectivity index (χ2n) is 6.33. The number of fused-ring (bicyclic) bond motifs is 1. The highest BCUT2D eigenvalue weighted by molar-refractivity contribution is 6.30. The summed E-state index contributed by atoms with van der Waals surface area (Å²) < 4.78 is 12.7. The minimum atomic E-state index is 0.300. The van der Waals surface area contributed by atoms with E-state index in [1.54, 1.807) is 0 Å². The number of ether oxygens (including phenoxy) is 2. The normalized spacial score (nSPS) is 12.6. The monoisotopic (exact) mass is 369 g/mol. The second kappa shape index (κ2) is 7.02. The number of nitrogens with one attached hydrogen (secondary N) is 1. The molecule has 134 valence electrons. The van der Waals surface area contributed by atoms with E-state index in [2.05, 4.69) is 23.4 Å². The fraction of sp³-hybridized carbons (Fsp3) is 0.250. The molecular weight excluding hydrogens is 350 g/mol. The SMILES string of the molecule is Cc1nn(-c2ccc(Cl)cc2)c(C)c1CNCc1ccc2c(c1)OCO2. The first kappa shape index (κ1) is 16.9. The molecule has 6 heteroatoms. The Labute approximate surface area is 157 Å². The molecule has 0 spiro atoms. The van der Waals surface area contributed by atoms with E-state index in [4.69, 9.17) is 21.1 Å². The molecule has 1 aliphatic rings. The fourth-order valence-corrected chi connectivity index (χ4v) is 3.27. The van der Waals surface area contributed by atoms with E-state index in [1.165, 1.54) is 5.56 Å². The van der Waals surface area contributed by atoms with Gasteiger partial charge < -0.3 is 14.8 Å². The van der Waals surface area contributed by atoms with Gasteiger partial charge in [-0.05, 0) is 55.8 Å². The largest absolute Gasteiger partial charge is 0.454 e. The Morgan fingerprint density at radius 1 is 1.04 bits per heavy atom. The number of benzene rings is 2. The smallest absolute Gasteiger partial charge is 0.231 e. The third kappa shape index (κ3) is 3.28. The van der Waals surface area contributed by atoms with E-state index in [0.717, 1.165) is 52.2 Å². The van der Waals surface area contributed by atoms with E-state index in [0.29, 0.717) is 6.79 Å². The van der Waals surface area contributed by atoms with Crippen LogP contribution >= 0.6 is 11.6 Å². The fourth-order valence-electron chi connectivity index (χ4n) is 3.15. The molecule has 0 fully saturated rings. The summed E-state index contributed by atoms with van der Waals surface area (Å²) in [5, 5.41) is 8.90. The number of aromatic nitrogens is 2. The van der Waals surface area contributed by atoms with Crippen molar-refractivity contribution in [2.45, 2.75) is 26.9 Å². The highest BCUT2D eigenvalue weighted by atomic mass is 35.5. The maximum absolute atomic E-state index is 5.98. The molecule has 4 rings (SSSR count). The number of hydrogen-bond acceptors (Lipinski definition) is 4. The average Bonchev–Trinajstić information content (AvgIpc) is 3.21. The number of aryl methyl sites for hydroxylation is 1. The van der Waals surface area contributed by atoms with Crippen molar-refractivity contribution in [1.29, 1.82) is 0 Å². The minimum Gasteiger partial charge on any atom is -0.454 e. The van der Waals surface area contributed by atoms with Crippen LogP contribution in [-0.2, 0) is 13.1 Å². The number of nitrogens with zero attached hydrogens (tertiary/aromatic N) is 2. The van der Waals surface area contributed by atoms with Crippen molar-refractivity contribution in [2.24, 2.45) is 0 Å². The summed E-state index contributed by atoms with van der Waals surface area (Å²) in [5.74, 6) is 1.62. The topological polar surface area (TPSA) is 48.3 Å². The van der Waals surface area contributed by atoms with Gasteiger partial charge in [0.1, 0.15) is 0 Å². The average molecular weight is 370 g/mol. The van der Waals surface area contributed by atoms with Gasteiger partial charge in [-0.3, -0.25) is 0 Å². The van der Waals surface area contributed by atoms with E-state index in [9.17, 15) is 0 Å².